The molecule has 0 fully saturated rings. The Labute approximate surface area is 104 Å². The summed E-state index contributed by atoms with van der Waals surface area (Å²) in [6, 6.07) is 4.65. The minimum Gasteiger partial charge on any atom is -0.378 e. The highest BCUT2D eigenvalue weighted by molar-refractivity contribution is 6.30. The number of hydrogen-bond donors (Lipinski definition) is 1. The Morgan fingerprint density at radius 3 is 3.00 bits per heavy atom. The van der Waals surface area contributed by atoms with Crippen molar-refractivity contribution in [2.75, 3.05) is 5.32 Å². The Morgan fingerprint density at radius 2 is 2.29 bits per heavy atom. The molecule has 0 aliphatic carbocycles. The van der Waals surface area contributed by atoms with Crippen LogP contribution in [-0.4, -0.2) is 9.55 Å². The Kier molecular flexibility index (Phi) is 3.64. The summed E-state index contributed by atoms with van der Waals surface area (Å²) >= 11 is 5.61. The number of rotatable bonds is 4. The van der Waals surface area contributed by atoms with E-state index in [1.54, 1.807) is 12.3 Å². The van der Waals surface area contributed by atoms with Crippen LogP contribution in [0.25, 0.3) is 0 Å². The van der Waals surface area contributed by atoms with Crippen molar-refractivity contribution in [2.45, 2.75) is 20.0 Å². The third-order valence-corrected chi connectivity index (χ3v) is 2.82. The van der Waals surface area contributed by atoms with Crippen LogP contribution in [0, 0.1) is 5.82 Å². The van der Waals surface area contributed by atoms with Gasteiger partial charge in [-0.15, -0.1) is 0 Å². The van der Waals surface area contributed by atoms with Gasteiger partial charge in [0.2, 0.25) is 0 Å². The molecule has 0 atom stereocenters. The van der Waals surface area contributed by atoms with Gasteiger partial charge in [0.1, 0.15) is 11.6 Å². The highest BCUT2D eigenvalue weighted by Crippen LogP contribution is 2.19. The van der Waals surface area contributed by atoms with Gasteiger partial charge in [0.15, 0.2) is 0 Å². The number of benzene rings is 1. The topological polar surface area (TPSA) is 29.9 Å². The maximum absolute atomic E-state index is 13.2. The van der Waals surface area contributed by atoms with Crippen LogP contribution < -0.4 is 5.32 Å². The fourth-order valence-corrected chi connectivity index (χ4v) is 1.70. The Hall–Kier alpha value is -1.55. The van der Waals surface area contributed by atoms with Crippen LogP contribution in [0.15, 0.2) is 30.6 Å². The van der Waals surface area contributed by atoms with Crippen LogP contribution in [0.5, 0.6) is 0 Å². The molecule has 1 aromatic carbocycles. The molecule has 0 aliphatic rings. The van der Waals surface area contributed by atoms with Crippen molar-refractivity contribution < 1.29 is 4.39 Å². The smallest absolute Gasteiger partial charge is 0.143 e. The first-order chi connectivity index (χ1) is 8.20. The van der Waals surface area contributed by atoms with Crippen molar-refractivity contribution in [3.8, 4) is 0 Å². The molecule has 1 N–H and O–H groups in total. The van der Waals surface area contributed by atoms with Crippen LogP contribution >= 0.6 is 11.6 Å². The number of aryl methyl sites for hydroxylation is 1. The first kappa shape index (κ1) is 11.9. The summed E-state index contributed by atoms with van der Waals surface area (Å²) in [6.45, 7) is 3.47. The maximum Gasteiger partial charge on any atom is 0.143 e. The van der Waals surface area contributed by atoms with Crippen molar-refractivity contribution in [3.05, 3.63) is 47.3 Å². The number of imidazole rings is 1. The van der Waals surface area contributed by atoms with Crippen molar-refractivity contribution in [3.63, 3.8) is 0 Å². The van der Waals surface area contributed by atoms with E-state index in [0.717, 1.165) is 12.4 Å². The predicted octanol–water partition coefficient (Wildman–Crippen LogP) is 3.31. The zero-order valence-electron chi connectivity index (χ0n) is 9.45. The van der Waals surface area contributed by atoms with Crippen LogP contribution in [-0.2, 0) is 13.1 Å². The van der Waals surface area contributed by atoms with Crippen LogP contribution in [0.3, 0.4) is 0 Å². The standard InChI is InChI=1S/C12H13ClFN3/c1-2-17-6-5-15-12(17)8-16-9-3-4-10(13)11(14)7-9/h3-7,16H,2,8H2,1H3. The quantitative estimate of drug-likeness (QED) is 0.906. The fraction of sp³-hybridized carbons (Fsp3) is 0.250. The van der Waals surface area contributed by atoms with E-state index in [-0.39, 0.29) is 5.02 Å². The Balaban J connectivity index is 2.05. The van der Waals surface area contributed by atoms with E-state index in [4.69, 9.17) is 11.6 Å². The van der Waals surface area contributed by atoms with Gasteiger partial charge in [-0.05, 0) is 25.1 Å². The molecule has 0 amide bonds. The van der Waals surface area contributed by atoms with Gasteiger partial charge in [-0.25, -0.2) is 9.37 Å². The van der Waals surface area contributed by atoms with E-state index in [0.29, 0.717) is 12.2 Å². The lowest BCUT2D eigenvalue weighted by Gasteiger charge is -2.08. The van der Waals surface area contributed by atoms with Crippen LogP contribution in [0.4, 0.5) is 10.1 Å². The summed E-state index contributed by atoms with van der Waals surface area (Å²) in [4.78, 5) is 4.22. The molecule has 0 bridgehead atoms. The van der Waals surface area contributed by atoms with Crippen LogP contribution in [0.1, 0.15) is 12.7 Å². The lowest BCUT2D eigenvalue weighted by atomic mass is 10.3. The number of anilines is 1. The van der Waals surface area contributed by atoms with E-state index in [9.17, 15) is 4.39 Å². The monoisotopic (exact) mass is 253 g/mol. The minimum atomic E-state index is -0.421. The fourth-order valence-electron chi connectivity index (χ4n) is 1.58. The summed E-state index contributed by atoms with van der Waals surface area (Å²) in [7, 11) is 0. The molecule has 2 aromatic rings. The summed E-state index contributed by atoms with van der Waals surface area (Å²) in [6.07, 6.45) is 3.67. The molecule has 0 unspecified atom stereocenters. The molecule has 0 aliphatic heterocycles. The summed E-state index contributed by atoms with van der Waals surface area (Å²) in [5, 5.41) is 3.24. The van der Waals surface area contributed by atoms with Gasteiger partial charge >= 0.3 is 0 Å². The van der Waals surface area contributed by atoms with Gasteiger partial charge in [0.25, 0.3) is 0 Å². The molecule has 0 spiro atoms. The van der Waals surface area contributed by atoms with Gasteiger partial charge in [-0.2, -0.15) is 0 Å². The van der Waals surface area contributed by atoms with Gasteiger partial charge < -0.3 is 9.88 Å². The molecule has 0 saturated heterocycles. The van der Waals surface area contributed by atoms with Crippen molar-refractivity contribution in [2.24, 2.45) is 0 Å². The number of hydrogen-bond acceptors (Lipinski definition) is 2. The third kappa shape index (κ3) is 2.77. The van der Waals surface area contributed by atoms with E-state index >= 15 is 0 Å². The molecule has 2 rings (SSSR count). The SMILES string of the molecule is CCn1ccnc1CNc1ccc(Cl)c(F)c1. The Bertz CT molecular complexity index is 510. The molecule has 0 radical (unpaired) electrons. The molecule has 1 aromatic heterocycles. The number of nitrogens with one attached hydrogen (secondary N) is 1. The average Bonchev–Trinajstić information content (AvgIpc) is 2.78. The first-order valence-corrected chi connectivity index (χ1v) is 5.77. The number of nitrogens with zero attached hydrogens (tertiary/aromatic N) is 2. The largest absolute Gasteiger partial charge is 0.378 e. The second-order valence-corrected chi connectivity index (χ2v) is 4.02. The van der Waals surface area contributed by atoms with Crippen LogP contribution in [0.2, 0.25) is 5.02 Å². The Morgan fingerprint density at radius 1 is 1.47 bits per heavy atom. The highest BCUT2D eigenvalue weighted by Gasteiger charge is 2.03. The highest BCUT2D eigenvalue weighted by atomic mass is 35.5. The van der Waals surface area contributed by atoms with Gasteiger partial charge in [-0.1, -0.05) is 11.6 Å². The van der Waals surface area contributed by atoms with Crippen molar-refractivity contribution in [1.82, 2.24) is 9.55 Å². The molecule has 17 heavy (non-hydrogen) atoms. The van der Waals surface area contributed by atoms with E-state index in [2.05, 4.69) is 10.3 Å². The lowest BCUT2D eigenvalue weighted by molar-refractivity contribution is 0.628. The second kappa shape index (κ2) is 5.19. The number of halogens is 2. The second-order valence-electron chi connectivity index (χ2n) is 3.61. The summed E-state index contributed by atoms with van der Waals surface area (Å²) in [5.74, 6) is 0.498. The van der Waals surface area contributed by atoms with E-state index in [1.807, 2.05) is 17.7 Å². The lowest BCUT2D eigenvalue weighted by Crippen LogP contribution is -2.07. The van der Waals surface area contributed by atoms with Crippen molar-refractivity contribution in [1.29, 1.82) is 0 Å². The van der Waals surface area contributed by atoms with Gasteiger partial charge in [0, 0.05) is 24.6 Å². The molecular formula is C12H13ClFN3. The van der Waals surface area contributed by atoms with E-state index in [1.165, 1.54) is 12.1 Å². The summed E-state index contributed by atoms with van der Waals surface area (Å²) < 4.78 is 15.2. The molecule has 0 saturated carbocycles. The minimum absolute atomic E-state index is 0.130. The molecule has 3 nitrogen and oxygen atoms in total. The normalized spacial score (nSPS) is 10.5. The predicted molar refractivity (Wildman–Crippen MR) is 66.6 cm³/mol. The molecular weight excluding hydrogens is 241 g/mol. The molecule has 90 valence electrons. The van der Waals surface area contributed by atoms with Crippen molar-refractivity contribution >= 4 is 17.3 Å². The first-order valence-electron chi connectivity index (χ1n) is 5.39. The molecule has 5 heteroatoms. The van der Waals surface area contributed by atoms with E-state index < -0.39 is 5.82 Å². The third-order valence-electron chi connectivity index (χ3n) is 2.51. The number of aromatic nitrogens is 2. The van der Waals surface area contributed by atoms with Gasteiger partial charge in [-0.3, -0.25) is 0 Å². The summed E-state index contributed by atoms with van der Waals surface area (Å²) in [5.41, 5.74) is 0.692. The maximum atomic E-state index is 13.2. The zero-order valence-corrected chi connectivity index (χ0v) is 10.2. The average molecular weight is 254 g/mol. The zero-order chi connectivity index (χ0) is 12.3. The van der Waals surface area contributed by atoms with Gasteiger partial charge in [0.05, 0.1) is 11.6 Å². The molecule has 1 heterocycles.